The molecule has 174 valence electrons. The monoisotopic (exact) mass is 440 g/mol. The fraction of sp³-hybridized carbons (Fsp3) is 0.406. The molecule has 0 N–H and O–H groups in total. The molecule has 0 heterocycles. The van der Waals surface area contributed by atoms with Gasteiger partial charge in [0.25, 0.3) is 0 Å². The Bertz CT molecular complexity index is 987. The zero-order valence-electron chi connectivity index (χ0n) is 20.6. The van der Waals surface area contributed by atoms with Crippen LogP contribution >= 0.6 is 0 Å². The Morgan fingerprint density at radius 3 is 2.00 bits per heavy atom. The van der Waals surface area contributed by atoms with Crippen molar-refractivity contribution >= 4 is 6.29 Å². The van der Waals surface area contributed by atoms with Crippen LogP contribution in [0.3, 0.4) is 0 Å². The van der Waals surface area contributed by atoms with Crippen LogP contribution in [-0.2, 0) is 19.3 Å². The summed E-state index contributed by atoms with van der Waals surface area (Å²) < 4.78 is 0. The highest BCUT2D eigenvalue weighted by Gasteiger charge is 2.22. The zero-order valence-corrected chi connectivity index (χ0v) is 20.6. The molecular weight excluding hydrogens is 400 g/mol. The molecule has 4 rings (SSSR count). The van der Waals surface area contributed by atoms with Crippen molar-refractivity contribution in [3.8, 4) is 11.1 Å². The van der Waals surface area contributed by atoms with Crippen LogP contribution in [0.15, 0.2) is 66.7 Å². The Morgan fingerprint density at radius 1 is 0.667 bits per heavy atom. The molecule has 1 nitrogen and oxygen atoms in total. The van der Waals surface area contributed by atoms with Crippen molar-refractivity contribution < 1.29 is 4.79 Å². The highest BCUT2D eigenvalue weighted by atomic mass is 16.1. The van der Waals surface area contributed by atoms with E-state index in [-0.39, 0.29) is 0 Å². The van der Waals surface area contributed by atoms with Crippen LogP contribution in [0.5, 0.6) is 0 Å². The molecule has 0 fully saturated rings. The second kappa shape index (κ2) is 13.8. The summed E-state index contributed by atoms with van der Waals surface area (Å²) in [5.41, 5.74) is 10.2. The molecule has 3 aromatic carbocycles. The number of fused-ring (bicyclic) bond motifs is 3. The lowest BCUT2D eigenvalue weighted by Crippen LogP contribution is -2.01. The largest absolute Gasteiger partial charge is 0.298 e. The van der Waals surface area contributed by atoms with E-state index in [1.807, 2.05) is 18.2 Å². The predicted molar refractivity (Wildman–Crippen MR) is 142 cm³/mol. The van der Waals surface area contributed by atoms with Crippen LogP contribution in [-0.4, -0.2) is 6.29 Å². The molecule has 0 unspecified atom stereocenters. The number of carbonyl (C=O) groups is 1. The SMILES string of the molecule is CCCCCCc1ccc2c(c1CCCCCC)Cc1ccccc1-2.O=Cc1ccccc1. The molecule has 0 radical (unpaired) electrons. The minimum atomic E-state index is 0.729. The third-order valence-electron chi connectivity index (χ3n) is 6.72. The maximum atomic E-state index is 10.0. The maximum absolute atomic E-state index is 10.0. The van der Waals surface area contributed by atoms with Gasteiger partial charge in [-0.15, -0.1) is 0 Å². The van der Waals surface area contributed by atoms with Gasteiger partial charge in [0.2, 0.25) is 0 Å². The first-order chi connectivity index (χ1) is 16.3. The number of aryl methyl sites for hydroxylation is 1. The Morgan fingerprint density at radius 2 is 1.33 bits per heavy atom. The van der Waals surface area contributed by atoms with Crippen molar-refractivity contribution in [2.24, 2.45) is 0 Å². The van der Waals surface area contributed by atoms with Gasteiger partial charge in [0, 0.05) is 5.56 Å². The molecule has 0 aliphatic heterocycles. The summed E-state index contributed by atoms with van der Waals surface area (Å²) in [6.07, 6.45) is 15.4. The number of unbranched alkanes of at least 4 members (excludes halogenated alkanes) is 6. The van der Waals surface area contributed by atoms with E-state index in [4.69, 9.17) is 0 Å². The van der Waals surface area contributed by atoms with E-state index in [1.54, 1.807) is 28.8 Å². The van der Waals surface area contributed by atoms with Crippen LogP contribution in [0.1, 0.15) is 97.8 Å². The second-order valence-corrected chi connectivity index (χ2v) is 9.21. The van der Waals surface area contributed by atoms with Gasteiger partial charge in [-0.2, -0.15) is 0 Å². The number of carbonyl (C=O) groups excluding carboxylic acids is 1. The highest BCUT2D eigenvalue weighted by molar-refractivity contribution is 5.78. The standard InChI is InChI=1S/C25H34.C7H6O/c1-3-5-7-9-13-20-17-18-24-23-16-12-11-14-21(23)19-25(24)22(20)15-10-8-6-4-2;8-6-7-4-2-1-3-5-7/h11-12,14,16-18H,3-10,13,15,19H2,1-2H3;1-6H. The summed E-state index contributed by atoms with van der Waals surface area (Å²) in [6, 6.07) is 23.0. The molecule has 0 atom stereocenters. The van der Waals surface area contributed by atoms with Gasteiger partial charge in [0.05, 0.1) is 0 Å². The van der Waals surface area contributed by atoms with E-state index < -0.39 is 0 Å². The molecule has 1 aliphatic carbocycles. The Labute approximate surface area is 201 Å². The fourth-order valence-electron chi connectivity index (χ4n) is 4.87. The van der Waals surface area contributed by atoms with Gasteiger partial charge in [0.15, 0.2) is 0 Å². The van der Waals surface area contributed by atoms with Crippen molar-refractivity contribution in [3.05, 3.63) is 94.5 Å². The van der Waals surface area contributed by atoms with Crippen LogP contribution in [0, 0.1) is 0 Å². The summed E-state index contributed by atoms with van der Waals surface area (Å²) in [5.74, 6) is 0. The van der Waals surface area contributed by atoms with E-state index in [1.165, 1.54) is 80.9 Å². The topological polar surface area (TPSA) is 17.1 Å². The van der Waals surface area contributed by atoms with Crippen molar-refractivity contribution in [1.29, 1.82) is 0 Å². The molecule has 0 bridgehead atoms. The maximum Gasteiger partial charge on any atom is 0.150 e. The summed E-state index contributed by atoms with van der Waals surface area (Å²) in [7, 11) is 0. The molecule has 33 heavy (non-hydrogen) atoms. The number of hydrogen-bond donors (Lipinski definition) is 0. The Hall–Kier alpha value is -2.67. The van der Waals surface area contributed by atoms with Crippen LogP contribution in [0.25, 0.3) is 11.1 Å². The van der Waals surface area contributed by atoms with E-state index >= 15 is 0 Å². The molecule has 0 aromatic heterocycles. The van der Waals surface area contributed by atoms with Crippen molar-refractivity contribution in [1.82, 2.24) is 0 Å². The molecule has 0 amide bonds. The van der Waals surface area contributed by atoms with Gasteiger partial charge in [-0.25, -0.2) is 0 Å². The third kappa shape index (κ3) is 7.16. The lowest BCUT2D eigenvalue weighted by Gasteiger charge is -2.15. The quantitative estimate of drug-likeness (QED) is 0.168. The van der Waals surface area contributed by atoms with Gasteiger partial charge in [-0.05, 0) is 65.5 Å². The fourth-order valence-corrected chi connectivity index (χ4v) is 4.87. The molecular formula is C32H40O. The lowest BCUT2D eigenvalue weighted by molar-refractivity contribution is 0.112. The van der Waals surface area contributed by atoms with Crippen molar-refractivity contribution in [2.45, 2.75) is 84.5 Å². The number of benzene rings is 3. The van der Waals surface area contributed by atoms with Crippen LogP contribution in [0.2, 0.25) is 0 Å². The predicted octanol–water partition coefficient (Wildman–Crippen LogP) is 9.00. The summed E-state index contributed by atoms with van der Waals surface area (Å²) in [4.78, 5) is 10.0. The van der Waals surface area contributed by atoms with Gasteiger partial charge < -0.3 is 0 Å². The highest BCUT2D eigenvalue weighted by Crippen LogP contribution is 2.40. The first-order valence-corrected chi connectivity index (χ1v) is 13.0. The van der Waals surface area contributed by atoms with Gasteiger partial charge in [0.1, 0.15) is 6.29 Å². The summed E-state index contributed by atoms with van der Waals surface area (Å²) in [5, 5.41) is 0. The summed E-state index contributed by atoms with van der Waals surface area (Å²) in [6.45, 7) is 4.60. The van der Waals surface area contributed by atoms with Crippen LogP contribution in [0.4, 0.5) is 0 Å². The average Bonchev–Trinajstić information content (AvgIpc) is 3.25. The molecule has 1 aliphatic rings. The van der Waals surface area contributed by atoms with Crippen molar-refractivity contribution in [2.75, 3.05) is 0 Å². The molecule has 0 saturated carbocycles. The minimum absolute atomic E-state index is 0.729. The average molecular weight is 441 g/mol. The number of hydrogen-bond acceptors (Lipinski definition) is 1. The van der Waals surface area contributed by atoms with E-state index in [0.717, 1.165) is 18.3 Å². The first kappa shape index (κ1) is 25.0. The van der Waals surface area contributed by atoms with E-state index in [9.17, 15) is 4.79 Å². The van der Waals surface area contributed by atoms with Crippen LogP contribution < -0.4 is 0 Å². The molecule has 0 saturated heterocycles. The van der Waals surface area contributed by atoms with E-state index in [2.05, 4.69) is 50.2 Å². The number of rotatable bonds is 11. The van der Waals surface area contributed by atoms with Gasteiger partial charge >= 0.3 is 0 Å². The van der Waals surface area contributed by atoms with Crippen molar-refractivity contribution in [3.63, 3.8) is 0 Å². The minimum Gasteiger partial charge on any atom is -0.298 e. The Kier molecular flexibility index (Phi) is 10.4. The molecule has 3 aromatic rings. The molecule has 0 spiro atoms. The summed E-state index contributed by atoms with van der Waals surface area (Å²) >= 11 is 0. The number of aldehydes is 1. The first-order valence-electron chi connectivity index (χ1n) is 13.0. The zero-order chi connectivity index (χ0) is 23.3. The molecule has 1 heteroatoms. The Balaban J connectivity index is 0.000000323. The smallest absolute Gasteiger partial charge is 0.150 e. The third-order valence-corrected chi connectivity index (χ3v) is 6.72. The van der Waals surface area contributed by atoms with E-state index in [0.29, 0.717) is 0 Å². The second-order valence-electron chi connectivity index (χ2n) is 9.21. The van der Waals surface area contributed by atoms with Gasteiger partial charge in [-0.3, -0.25) is 4.79 Å². The van der Waals surface area contributed by atoms with Gasteiger partial charge in [-0.1, -0.05) is 119 Å². The lowest BCUT2D eigenvalue weighted by atomic mass is 9.90. The normalized spacial score (nSPS) is 11.3.